The van der Waals surface area contributed by atoms with Crippen molar-refractivity contribution in [2.75, 3.05) is 37.8 Å². The minimum atomic E-state index is 0.171. The normalized spacial score (nSPS) is 15.4. The van der Waals surface area contributed by atoms with E-state index < -0.39 is 0 Å². The van der Waals surface area contributed by atoms with E-state index in [4.69, 9.17) is 21.1 Å². The Kier molecular flexibility index (Phi) is 6.26. The molecule has 1 fully saturated rings. The van der Waals surface area contributed by atoms with Crippen molar-refractivity contribution in [1.29, 1.82) is 0 Å². The number of ether oxygens (including phenoxy) is 2. The first-order valence-corrected chi connectivity index (χ1v) is 7.54. The number of anilines is 1. The van der Waals surface area contributed by atoms with Gasteiger partial charge in [-0.3, -0.25) is 0 Å². The highest BCUT2D eigenvalue weighted by Crippen LogP contribution is 2.19. The molecule has 0 N–H and O–H groups in total. The Balaban J connectivity index is 1.90. The summed E-state index contributed by atoms with van der Waals surface area (Å²) in [5, 5.41) is 0.171. The number of piperidine rings is 1. The van der Waals surface area contributed by atoms with Crippen LogP contribution in [0.25, 0.3) is 0 Å². The predicted molar refractivity (Wildman–Crippen MR) is 77.5 cm³/mol. The van der Waals surface area contributed by atoms with E-state index in [-0.39, 0.29) is 11.3 Å². The van der Waals surface area contributed by atoms with Crippen LogP contribution in [0.4, 0.5) is 5.95 Å². The summed E-state index contributed by atoms with van der Waals surface area (Å²) in [6.07, 6.45) is 4.57. The molecule has 0 unspecified atom stereocenters. The maximum absolute atomic E-state index is 5.93. The second-order valence-electron chi connectivity index (χ2n) is 4.70. The molecule has 1 aliphatic heterocycles. The Morgan fingerprint density at radius 3 is 2.60 bits per heavy atom. The van der Waals surface area contributed by atoms with Gasteiger partial charge in [0.2, 0.25) is 11.2 Å². The Bertz CT molecular complexity index is 413. The highest BCUT2D eigenvalue weighted by atomic mass is 35.5. The molecular formula is C13H21ClN4O2. The first-order valence-electron chi connectivity index (χ1n) is 7.16. The molecule has 112 valence electrons. The van der Waals surface area contributed by atoms with E-state index in [0.717, 1.165) is 39.0 Å². The van der Waals surface area contributed by atoms with Gasteiger partial charge in [-0.05, 0) is 37.3 Å². The van der Waals surface area contributed by atoms with Crippen LogP contribution < -0.4 is 9.64 Å². The standard InChI is InChI=1S/C13H21ClN4O2/c1-2-8-19-9-10-20-13-16-11(14)15-12(17-13)18-6-4-3-5-7-18/h2-10H2,1H3. The van der Waals surface area contributed by atoms with Crippen LogP contribution in [0.15, 0.2) is 0 Å². The van der Waals surface area contributed by atoms with Crippen LogP contribution in [0.3, 0.4) is 0 Å². The van der Waals surface area contributed by atoms with Crippen molar-refractivity contribution in [1.82, 2.24) is 15.0 Å². The first-order chi connectivity index (χ1) is 9.79. The molecule has 0 atom stereocenters. The number of hydrogen-bond donors (Lipinski definition) is 0. The molecule has 1 aromatic rings. The van der Waals surface area contributed by atoms with E-state index in [2.05, 4.69) is 26.8 Å². The van der Waals surface area contributed by atoms with Gasteiger partial charge in [0.15, 0.2) is 0 Å². The Morgan fingerprint density at radius 2 is 1.85 bits per heavy atom. The first kappa shape index (κ1) is 15.3. The fraction of sp³-hybridized carbons (Fsp3) is 0.769. The average molecular weight is 301 g/mol. The van der Waals surface area contributed by atoms with Crippen LogP contribution >= 0.6 is 11.6 Å². The molecular weight excluding hydrogens is 280 g/mol. The summed E-state index contributed by atoms with van der Waals surface area (Å²) in [5.74, 6) is 0.606. The van der Waals surface area contributed by atoms with Gasteiger partial charge < -0.3 is 14.4 Å². The summed E-state index contributed by atoms with van der Waals surface area (Å²) in [7, 11) is 0. The third kappa shape index (κ3) is 4.76. The molecule has 0 radical (unpaired) electrons. The Labute approximate surface area is 124 Å². The van der Waals surface area contributed by atoms with Crippen LogP contribution in [0.1, 0.15) is 32.6 Å². The maximum atomic E-state index is 5.93. The molecule has 1 aromatic heterocycles. The molecule has 2 heterocycles. The monoisotopic (exact) mass is 300 g/mol. The minimum Gasteiger partial charge on any atom is -0.461 e. The van der Waals surface area contributed by atoms with E-state index in [0.29, 0.717) is 19.2 Å². The van der Waals surface area contributed by atoms with Gasteiger partial charge >= 0.3 is 6.01 Å². The molecule has 0 spiro atoms. The van der Waals surface area contributed by atoms with Crippen LogP contribution in [-0.4, -0.2) is 47.9 Å². The molecule has 6 nitrogen and oxygen atoms in total. The molecule has 0 bridgehead atoms. The van der Waals surface area contributed by atoms with Gasteiger partial charge in [-0.1, -0.05) is 6.92 Å². The molecule has 0 aliphatic carbocycles. The van der Waals surface area contributed by atoms with Gasteiger partial charge in [0, 0.05) is 19.7 Å². The highest BCUT2D eigenvalue weighted by Gasteiger charge is 2.16. The van der Waals surface area contributed by atoms with E-state index in [1.165, 1.54) is 6.42 Å². The van der Waals surface area contributed by atoms with E-state index >= 15 is 0 Å². The van der Waals surface area contributed by atoms with Gasteiger partial charge in [-0.15, -0.1) is 0 Å². The molecule has 2 rings (SSSR count). The van der Waals surface area contributed by atoms with Crippen molar-refractivity contribution in [3.63, 3.8) is 0 Å². The lowest BCUT2D eigenvalue weighted by Gasteiger charge is -2.26. The predicted octanol–water partition coefficient (Wildman–Crippen LogP) is 2.32. The fourth-order valence-corrected chi connectivity index (χ4v) is 2.21. The van der Waals surface area contributed by atoms with Gasteiger partial charge in [0.1, 0.15) is 6.61 Å². The lowest BCUT2D eigenvalue weighted by molar-refractivity contribution is 0.0971. The molecule has 7 heteroatoms. The number of rotatable bonds is 7. The number of halogens is 1. The maximum Gasteiger partial charge on any atom is 0.322 e. The SMILES string of the molecule is CCCOCCOc1nc(Cl)nc(N2CCCCC2)n1. The van der Waals surface area contributed by atoms with Crippen molar-refractivity contribution in [3.8, 4) is 6.01 Å². The van der Waals surface area contributed by atoms with Crippen molar-refractivity contribution in [3.05, 3.63) is 5.28 Å². The average Bonchev–Trinajstić information content (AvgIpc) is 2.47. The Hall–Kier alpha value is -1.14. The van der Waals surface area contributed by atoms with Gasteiger partial charge in [0.25, 0.3) is 0 Å². The molecule has 20 heavy (non-hydrogen) atoms. The minimum absolute atomic E-state index is 0.171. The second kappa shape index (κ2) is 8.21. The molecule has 1 saturated heterocycles. The van der Waals surface area contributed by atoms with Crippen LogP contribution in [0.5, 0.6) is 6.01 Å². The summed E-state index contributed by atoms with van der Waals surface area (Å²) in [6.45, 7) is 5.66. The lowest BCUT2D eigenvalue weighted by Crippen LogP contribution is -2.31. The summed E-state index contributed by atoms with van der Waals surface area (Å²) < 4.78 is 10.8. The van der Waals surface area contributed by atoms with Gasteiger partial charge in [-0.2, -0.15) is 15.0 Å². The van der Waals surface area contributed by atoms with Crippen LogP contribution in [-0.2, 0) is 4.74 Å². The zero-order valence-electron chi connectivity index (χ0n) is 11.8. The summed E-state index contributed by atoms with van der Waals surface area (Å²) in [5.41, 5.74) is 0. The third-order valence-corrected chi connectivity index (χ3v) is 3.19. The topological polar surface area (TPSA) is 60.4 Å². The highest BCUT2D eigenvalue weighted by molar-refractivity contribution is 6.28. The van der Waals surface area contributed by atoms with Gasteiger partial charge in [0.05, 0.1) is 6.61 Å². The van der Waals surface area contributed by atoms with Crippen molar-refractivity contribution >= 4 is 17.5 Å². The van der Waals surface area contributed by atoms with E-state index in [9.17, 15) is 0 Å². The number of hydrogen-bond acceptors (Lipinski definition) is 6. The molecule has 0 saturated carbocycles. The zero-order chi connectivity index (χ0) is 14.2. The Morgan fingerprint density at radius 1 is 1.05 bits per heavy atom. The van der Waals surface area contributed by atoms with Crippen molar-refractivity contribution in [2.45, 2.75) is 32.6 Å². The quantitative estimate of drug-likeness (QED) is 0.720. The van der Waals surface area contributed by atoms with Gasteiger partial charge in [-0.25, -0.2) is 0 Å². The van der Waals surface area contributed by atoms with Crippen LogP contribution in [0, 0.1) is 0 Å². The lowest BCUT2D eigenvalue weighted by atomic mass is 10.1. The fourth-order valence-electron chi connectivity index (χ4n) is 2.06. The summed E-state index contributed by atoms with van der Waals surface area (Å²) in [6, 6.07) is 0.269. The molecule has 1 aliphatic rings. The summed E-state index contributed by atoms with van der Waals surface area (Å²) in [4.78, 5) is 14.6. The van der Waals surface area contributed by atoms with Crippen LogP contribution in [0.2, 0.25) is 5.28 Å². The number of aromatic nitrogens is 3. The summed E-state index contributed by atoms with van der Waals surface area (Å²) >= 11 is 5.93. The molecule has 0 aromatic carbocycles. The largest absolute Gasteiger partial charge is 0.461 e. The van der Waals surface area contributed by atoms with Crippen molar-refractivity contribution < 1.29 is 9.47 Å². The molecule has 0 amide bonds. The third-order valence-electron chi connectivity index (χ3n) is 3.02. The van der Waals surface area contributed by atoms with Crippen molar-refractivity contribution in [2.24, 2.45) is 0 Å². The van der Waals surface area contributed by atoms with E-state index in [1.54, 1.807) is 0 Å². The zero-order valence-corrected chi connectivity index (χ0v) is 12.6. The second-order valence-corrected chi connectivity index (χ2v) is 5.03. The number of nitrogens with zero attached hydrogens (tertiary/aromatic N) is 4. The smallest absolute Gasteiger partial charge is 0.322 e. The van der Waals surface area contributed by atoms with E-state index in [1.807, 2.05) is 0 Å².